The summed E-state index contributed by atoms with van der Waals surface area (Å²) >= 11 is 0. The Morgan fingerprint density at radius 1 is 1.04 bits per heavy atom. The van der Waals surface area contributed by atoms with Gasteiger partial charge in [-0.25, -0.2) is 9.78 Å². The fourth-order valence-electron chi connectivity index (χ4n) is 1.89. The molecule has 0 unspecified atom stereocenters. The third-order valence-corrected chi connectivity index (χ3v) is 2.68. The topological polar surface area (TPSA) is 101 Å². The zero-order chi connectivity index (χ0) is 18.5. The number of nitrogens with zero attached hydrogens (tertiary/aromatic N) is 1. The Morgan fingerprint density at radius 3 is 2.04 bits per heavy atom. The first-order chi connectivity index (χ1) is 11.2. The number of aromatic nitrogens is 1. The van der Waals surface area contributed by atoms with Gasteiger partial charge in [-0.3, -0.25) is 4.79 Å². The van der Waals surface area contributed by atoms with Crippen molar-refractivity contribution in [1.29, 1.82) is 0 Å². The fourth-order valence-corrected chi connectivity index (χ4v) is 1.89. The number of rotatable bonds is 7. The maximum atomic E-state index is 13.3. The lowest BCUT2D eigenvalue weighted by atomic mass is 10.1. The van der Waals surface area contributed by atoms with Crippen LogP contribution in [0.5, 0.6) is 11.6 Å². The Hall–Kier alpha value is -2.52. The highest BCUT2D eigenvalue weighted by Crippen LogP contribution is 2.40. The van der Waals surface area contributed by atoms with Crippen molar-refractivity contribution in [1.82, 2.24) is 4.98 Å². The molecule has 0 aliphatic rings. The summed E-state index contributed by atoms with van der Waals surface area (Å²) in [6, 6.07) is 0. The predicted molar refractivity (Wildman–Crippen MR) is 76.1 cm³/mol. The maximum Gasteiger partial charge on any atom is 0.434 e. The molecule has 1 heterocycles. The summed E-state index contributed by atoms with van der Waals surface area (Å²) in [6.45, 7) is 3.99. The average molecular weight is 350 g/mol. The van der Waals surface area contributed by atoms with Gasteiger partial charge in [0.1, 0.15) is 11.1 Å². The second-order valence-corrected chi connectivity index (χ2v) is 4.29. The van der Waals surface area contributed by atoms with Crippen molar-refractivity contribution < 1.29 is 37.0 Å². The number of hydrogen-bond acceptors (Lipinski definition) is 6. The predicted octanol–water partition coefficient (Wildman–Crippen LogP) is 2.17. The van der Waals surface area contributed by atoms with Crippen LogP contribution in [0.3, 0.4) is 0 Å². The zero-order valence-corrected chi connectivity index (χ0v) is 13.3. The van der Waals surface area contributed by atoms with Crippen LogP contribution in [0.15, 0.2) is 0 Å². The highest BCUT2D eigenvalue weighted by molar-refractivity contribution is 6.04. The number of hydrogen-bond donors (Lipinski definition) is 1. The SMILES string of the molecule is CCOC(=O)c1c(C(F)(F)F)nc(OCC)c(C(N)=O)c1OCC. The molecule has 0 radical (unpaired) electrons. The monoisotopic (exact) mass is 350 g/mol. The van der Waals surface area contributed by atoms with E-state index in [4.69, 9.17) is 15.2 Å². The van der Waals surface area contributed by atoms with Crippen LogP contribution in [-0.2, 0) is 10.9 Å². The molecular formula is C14H17F3N2O5. The van der Waals surface area contributed by atoms with E-state index in [2.05, 4.69) is 9.72 Å². The van der Waals surface area contributed by atoms with E-state index in [1.165, 1.54) is 20.8 Å². The minimum Gasteiger partial charge on any atom is -0.492 e. The van der Waals surface area contributed by atoms with Gasteiger partial charge in [0.15, 0.2) is 11.4 Å². The van der Waals surface area contributed by atoms with Crippen LogP contribution in [-0.4, -0.2) is 36.7 Å². The van der Waals surface area contributed by atoms with E-state index in [0.29, 0.717) is 0 Å². The van der Waals surface area contributed by atoms with Gasteiger partial charge in [-0.1, -0.05) is 0 Å². The van der Waals surface area contributed by atoms with Gasteiger partial charge in [0.2, 0.25) is 5.88 Å². The number of carbonyl (C=O) groups excluding carboxylic acids is 2. The Morgan fingerprint density at radius 2 is 1.62 bits per heavy atom. The molecule has 1 aromatic rings. The third kappa shape index (κ3) is 4.06. The van der Waals surface area contributed by atoms with E-state index >= 15 is 0 Å². The van der Waals surface area contributed by atoms with Crippen LogP contribution < -0.4 is 15.2 Å². The van der Waals surface area contributed by atoms with Crippen molar-refractivity contribution in [2.24, 2.45) is 5.73 Å². The van der Waals surface area contributed by atoms with Gasteiger partial charge >= 0.3 is 12.1 Å². The smallest absolute Gasteiger partial charge is 0.434 e. The summed E-state index contributed by atoms with van der Waals surface area (Å²) in [6.07, 6.45) is -5.00. The van der Waals surface area contributed by atoms with Crippen LogP contribution in [0.2, 0.25) is 0 Å². The molecule has 0 aliphatic heterocycles. The van der Waals surface area contributed by atoms with Crippen molar-refractivity contribution in [2.45, 2.75) is 26.9 Å². The number of esters is 1. The lowest BCUT2D eigenvalue weighted by Crippen LogP contribution is -2.24. The molecule has 7 nitrogen and oxygen atoms in total. The Bertz CT molecular complexity index is 632. The molecule has 134 valence electrons. The molecule has 0 bridgehead atoms. The van der Waals surface area contributed by atoms with Crippen LogP contribution >= 0.6 is 0 Å². The van der Waals surface area contributed by atoms with Crippen molar-refractivity contribution in [3.63, 3.8) is 0 Å². The van der Waals surface area contributed by atoms with E-state index in [1.54, 1.807) is 0 Å². The third-order valence-electron chi connectivity index (χ3n) is 2.68. The van der Waals surface area contributed by atoms with Gasteiger partial charge in [-0.15, -0.1) is 0 Å². The standard InChI is InChI=1S/C14H17F3N2O5/c1-4-22-9-7(13(21)24-6-3)10(14(15,16)17)19-12(23-5-2)8(9)11(18)20/h4-6H2,1-3H3,(H2,18,20). The number of ether oxygens (including phenoxy) is 3. The average Bonchev–Trinajstić information content (AvgIpc) is 2.46. The fraction of sp³-hybridized carbons (Fsp3) is 0.500. The minimum absolute atomic E-state index is 0.0745. The van der Waals surface area contributed by atoms with Gasteiger partial charge < -0.3 is 19.9 Å². The molecule has 0 saturated carbocycles. The summed E-state index contributed by atoms with van der Waals surface area (Å²) in [4.78, 5) is 27.0. The summed E-state index contributed by atoms with van der Waals surface area (Å²) < 4.78 is 54.7. The first-order valence-electron chi connectivity index (χ1n) is 7.06. The van der Waals surface area contributed by atoms with Crippen LogP contribution in [0.1, 0.15) is 47.2 Å². The molecule has 0 spiro atoms. The van der Waals surface area contributed by atoms with Crippen molar-refractivity contribution >= 4 is 11.9 Å². The molecule has 1 amide bonds. The highest BCUT2D eigenvalue weighted by atomic mass is 19.4. The lowest BCUT2D eigenvalue weighted by Gasteiger charge is -2.19. The summed E-state index contributed by atoms with van der Waals surface area (Å²) in [5, 5.41) is 0. The summed E-state index contributed by atoms with van der Waals surface area (Å²) in [7, 11) is 0. The Balaban J connectivity index is 3.88. The number of alkyl halides is 3. The lowest BCUT2D eigenvalue weighted by molar-refractivity contribution is -0.142. The Labute approximate surface area is 135 Å². The van der Waals surface area contributed by atoms with E-state index in [1.807, 2.05) is 0 Å². The first-order valence-corrected chi connectivity index (χ1v) is 7.06. The second kappa shape index (κ2) is 7.84. The summed E-state index contributed by atoms with van der Waals surface area (Å²) in [5.41, 5.74) is 2.08. The van der Waals surface area contributed by atoms with E-state index in [-0.39, 0.29) is 19.8 Å². The van der Waals surface area contributed by atoms with E-state index in [0.717, 1.165) is 0 Å². The van der Waals surface area contributed by atoms with Gasteiger partial charge in [-0.05, 0) is 20.8 Å². The van der Waals surface area contributed by atoms with Crippen LogP contribution in [0, 0.1) is 0 Å². The number of carbonyl (C=O) groups is 2. The number of amides is 1. The van der Waals surface area contributed by atoms with Crippen molar-refractivity contribution in [2.75, 3.05) is 19.8 Å². The quantitative estimate of drug-likeness (QED) is 0.757. The number of primary amides is 1. The van der Waals surface area contributed by atoms with Crippen LogP contribution in [0.25, 0.3) is 0 Å². The zero-order valence-electron chi connectivity index (χ0n) is 13.3. The van der Waals surface area contributed by atoms with Gasteiger partial charge in [-0.2, -0.15) is 13.2 Å². The van der Waals surface area contributed by atoms with Crippen molar-refractivity contribution in [3.05, 3.63) is 16.8 Å². The molecule has 0 atom stereocenters. The van der Waals surface area contributed by atoms with Gasteiger partial charge in [0.05, 0.1) is 19.8 Å². The summed E-state index contributed by atoms with van der Waals surface area (Å²) in [5.74, 6) is -3.79. The largest absolute Gasteiger partial charge is 0.492 e. The second-order valence-electron chi connectivity index (χ2n) is 4.29. The molecule has 0 fully saturated rings. The molecule has 1 rings (SSSR count). The molecular weight excluding hydrogens is 333 g/mol. The number of nitrogens with two attached hydrogens (primary N) is 1. The molecule has 1 aromatic heterocycles. The van der Waals surface area contributed by atoms with Crippen LogP contribution in [0.4, 0.5) is 13.2 Å². The molecule has 2 N–H and O–H groups in total. The first kappa shape index (κ1) is 19.5. The maximum absolute atomic E-state index is 13.3. The molecule has 0 saturated heterocycles. The van der Waals surface area contributed by atoms with E-state index in [9.17, 15) is 22.8 Å². The minimum atomic E-state index is -5.00. The van der Waals surface area contributed by atoms with E-state index < -0.39 is 46.5 Å². The van der Waals surface area contributed by atoms with Gasteiger partial charge in [0.25, 0.3) is 5.91 Å². The molecule has 24 heavy (non-hydrogen) atoms. The molecule has 0 aromatic carbocycles. The molecule has 10 heteroatoms. The highest BCUT2D eigenvalue weighted by Gasteiger charge is 2.43. The Kier molecular flexibility index (Phi) is 6.38. The number of halogens is 3. The number of pyridine rings is 1. The normalized spacial score (nSPS) is 11.1. The van der Waals surface area contributed by atoms with Crippen molar-refractivity contribution in [3.8, 4) is 11.6 Å². The molecule has 0 aliphatic carbocycles. The van der Waals surface area contributed by atoms with Gasteiger partial charge in [0, 0.05) is 0 Å².